The van der Waals surface area contributed by atoms with E-state index >= 15 is 0 Å². The number of hydrogen-bond donors (Lipinski definition) is 1. The van der Waals surface area contributed by atoms with Crippen LogP contribution in [0.3, 0.4) is 0 Å². The van der Waals surface area contributed by atoms with Gasteiger partial charge in [0.05, 0.1) is 6.04 Å². The number of carbonyl (C=O) groups excluding carboxylic acids is 1. The van der Waals surface area contributed by atoms with Gasteiger partial charge in [0.25, 0.3) is 0 Å². The van der Waals surface area contributed by atoms with Gasteiger partial charge < -0.3 is 5.73 Å². The molecular weight excluding hydrogens is 176 g/mol. The number of fused-ring (bicyclic) bond motifs is 1. The van der Waals surface area contributed by atoms with Crippen LogP contribution in [0.1, 0.15) is 11.1 Å². The van der Waals surface area contributed by atoms with Crippen LogP contribution in [0, 0.1) is 0 Å². The molecule has 1 atom stereocenters. The first kappa shape index (κ1) is 9.21. The van der Waals surface area contributed by atoms with E-state index in [4.69, 9.17) is 5.73 Å². The van der Waals surface area contributed by atoms with Crippen LogP contribution in [0.5, 0.6) is 0 Å². The highest BCUT2D eigenvalue weighted by Crippen LogP contribution is 2.21. The van der Waals surface area contributed by atoms with Gasteiger partial charge in [0, 0.05) is 6.54 Å². The Bertz CT molecular complexity index is 362. The van der Waals surface area contributed by atoms with Gasteiger partial charge in [-0.3, -0.25) is 9.69 Å². The van der Waals surface area contributed by atoms with Gasteiger partial charge in [-0.1, -0.05) is 24.3 Å². The lowest BCUT2D eigenvalue weighted by Crippen LogP contribution is -2.46. The number of amides is 1. The van der Waals surface area contributed by atoms with E-state index in [1.807, 2.05) is 24.1 Å². The van der Waals surface area contributed by atoms with Crippen molar-refractivity contribution >= 4 is 5.91 Å². The molecule has 2 rings (SSSR count). The van der Waals surface area contributed by atoms with E-state index in [2.05, 4.69) is 12.1 Å². The third-order valence-electron chi connectivity index (χ3n) is 2.81. The number of nitrogens with zero attached hydrogens (tertiary/aromatic N) is 1. The van der Waals surface area contributed by atoms with Gasteiger partial charge in [-0.05, 0) is 24.6 Å². The maximum Gasteiger partial charge on any atom is 0.235 e. The van der Waals surface area contributed by atoms with Crippen molar-refractivity contribution in [1.82, 2.24) is 4.90 Å². The molecule has 0 aliphatic carbocycles. The summed E-state index contributed by atoms with van der Waals surface area (Å²) in [5, 5.41) is 0. The fourth-order valence-electron chi connectivity index (χ4n) is 1.97. The van der Waals surface area contributed by atoms with Crippen LogP contribution in [0.25, 0.3) is 0 Å². The van der Waals surface area contributed by atoms with E-state index < -0.39 is 0 Å². The zero-order chi connectivity index (χ0) is 10.1. The number of nitrogens with two attached hydrogens (primary N) is 1. The molecule has 1 aromatic carbocycles. The lowest BCUT2D eigenvalue weighted by molar-refractivity contribution is -0.123. The Morgan fingerprint density at radius 3 is 2.71 bits per heavy atom. The van der Waals surface area contributed by atoms with Crippen LogP contribution in [0.2, 0.25) is 0 Å². The second-order valence-electron chi connectivity index (χ2n) is 3.81. The molecule has 1 aliphatic rings. The van der Waals surface area contributed by atoms with Crippen LogP contribution in [0.15, 0.2) is 24.3 Å². The third-order valence-corrected chi connectivity index (χ3v) is 2.81. The molecule has 14 heavy (non-hydrogen) atoms. The molecule has 1 heterocycles. The highest BCUT2D eigenvalue weighted by Gasteiger charge is 2.26. The van der Waals surface area contributed by atoms with E-state index in [0.29, 0.717) is 0 Å². The largest absolute Gasteiger partial charge is 0.368 e. The summed E-state index contributed by atoms with van der Waals surface area (Å²) in [6.45, 7) is 0.809. The molecule has 2 N–H and O–H groups in total. The maximum atomic E-state index is 11.2. The highest BCUT2D eigenvalue weighted by atomic mass is 16.1. The summed E-state index contributed by atoms with van der Waals surface area (Å²) in [4.78, 5) is 13.2. The summed E-state index contributed by atoms with van der Waals surface area (Å²) in [6, 6.07) is 8.05. The molecule has 1 aromatic rings. The molecule has 1 amide bonds. The Kier molecular flexibility index (Phi) is 2.25. The van der Waals surface area contributed by atoms with E-state index in [1.54, 1.807) is 0 Å². The quantitative estimate of drug-likeness (QED) is 0.702. The van der Waals surface area contributed by atoms with E-state index in [9.17, 15) is 4.79 Å². The average molecular weight is 190 g/mol. The van der Waals surface area contributed by atoms with Crippen molar-refractivity contribution in [3.63, 3.8) is 0 Å². The van der Waals surface area contributed by atoms with Crippen LogP contribution >= 0.6 is 0 Å². The molecule has 74 valence electrons. The van der Waals surface area contributed by atoms with Gasteiger partial charge in [-0.15, -0.1) is 0 Å². The van der Waals surface area contributed by atoms with Crippen molar-refractivity contribution in [2.75, 3.05) is 7.05 Å². The second kappa shape index (κ2) is 3.42. The molecule has 3 nitrogen and oxygen atoms in total. The normalized spacial score (nSPS) is 21.6. The summed E-state index contributed by atoms with van der Waals surface area (Å²) in [5.41, 5.74) is 7.88. The molecule has 0 aromatic heterocycles. The van der Waals surface area contributed by atoms with Gasteiger partial charge in [0.15, 0.2) is 0 Å². The highest BCUT2D eigenvalue weighted by molar-refractivity contribution is 5.80. The first-order valence-electron chi connectivity index (χ1n) is 4.75. The number of carbonyl (C=O) groups is 1. The maximum absolute atomic E-state index is 11.2. The molecule has 0 spiro atoms. The van der Waals surface area contributed by atoms with Gasteiger partial charge >= 0.3 is 0 Å². The fraction of sp³-hybridized carbons (Fsp3) is 0.364. The van der Waals surface area contributed by atoms with Gasteiger partial charge in [-0.25, -0.2) is 0 Å². The predicted molar refractivity (Wildman–Crippen MR) is 54.6 cm³/mol. The predicted octanol–water partition coefficient (Wildman–Crippen LogP) is 0.528. The van der Waals surface area contributed by atoms with Crippen molar-refractivity contribution in [2.45, 2.75) is 19.0 Å². The summed E-state index contributed by atoms with van der Waals surface area (Å²) >= 11 is 0. The van der Waals surface area contributed by atoms with Crippen molar-refractivity contribution in [2.24, 2.45) is 5.73 Å². The van der Waals surface area contributed by atoms with Gasteiger partial charge in [0.1, 0.15) is 0 Å². The standard InChI is InChI=1S/C11H14N2O/c1-13-7-9-5-3-2-4-8(9)6-10(13)11(12)14/h2-5,10H,6-7H2,1H3,(H2,12,14)/t10-/m0/s1. The second-order valence-corrected chi connectivity index (χ2v) is 3.81. The first-order valence-corrected chi connectivity index (χ1v) is 4.75. The smallest absolute Gasteiger partial charge is 0.235 e. The van der Waals surface area contributed by atoms with Crippen LogP contribution in [-0.4, -0.2) is 23.9 Å². The Balaban J connectivity index is 2.31. The fourth-order valence-corrected chi connectivity index (χ4v) is 1.97. The van der Waals surface area contributed by atoms with Crippen molar-refractivity contribution in [1.29, 1.82) is 0 Å². The number of rotatable bonds is 1. The monoisotopic (exact) mass is 190 g/mol. The molecule has 0 radical (unpaired) electrons. The molecule has 3 heteroatoms. The summed E-state index contributed by atoms with van der Waals surface area (Å²) in [6.07, 6.45) is 0.738. The lowest BCUT2D eigenvalue weighted by atomic mass is 9.94. The minimum absolute atomic E-state index is 0.148. The number of primary amides is 1. The van der Waals surface area contributed by atoms with Crippen molar-refractivity contribution < 1.29 is 4.79 Å². The minimum atomic E-state index is -0.234. The molecule has 0 saturated carbocycles. The molecule has 0 saturated heterocycles. The minimum Gasteiger partial charge on any atom is -0.368 e. The Hall–Kier alpha value is -1.35. The molecule has 0 bridgehead atoms. The Morgan fingerprint density at radius 2 is 2.07 bits per heavy atom. The first-order chi connectivity index (χ1) is 6.68. The number of hydrogen-bond acceptors (Lipinski definition) is 2. The molecule has 0 unspecified atom stereocenters. The molecule has 0 fully saturated rings. The van der Waals surface area contributed by atoms with Gasteiger partial charge in [-0.2, -0.15) is 0 Å². The van der Waals surface area contributed by atoms with Crippen LogP contribution in [0.4, 0.5) is 0 Å². The molecular formula is C11H14N2O. The van der Waals surface area contributed by atoms with Crippen molar-refractivity contribution in [3.05, 3.63) is 35.4 Å². The van der Waals surface area contributed by atoms with Crippen LogP contribution in [-0.2, 0) is 17.8 Å². The topological polar surface area (TPSA) is 46.3 Å². The zero-order valence-corrected chi connectivity index (χ0v) is 8.23. The summed E-state index contributed by atoms with van der Waals surface area (Å²) in [5.74, 6) is -0.234. The zero-order valence-electron chi connectivity index (χ0n) is 8.23. The lowest BCUT2D eigenvalue weighted by Gasteiger charge is -2.31. The summed E-state index contributed by atoms with van der Waals surface area (Å²) < 4.78 is 0. The number of likely N-dealkylation sites (N-methyl/N-ethyl adjacent to an activating group) is 1. The van der Waals surface area contributed by atoms with Crippen LogP contribution < -0.4 is 5.73 Å². The Labute approximate surface area is 83.5 Å². The Morgan fingerprint density at radius 1 is 1.43 bits per heavy atom. The van der Waals surface area contributed by atoms with Crippen molar-refractivity contribution in [3.8, 4) is 0 Å². The summed E-state index contributed by atoms with van der Waals surface area (Å²) in [7, 11) is 1.94. The van der Waals surface area contributed by atoms with Gasteiger partial charge in [0.2, 0.25) is 5.91 Å². The number of benzene rings is 1. The SMILES string of the molecule is CN1Cc2ccccc2C[C@H]1C(N)=O. The van der Waals surface area contributed by atoms with E-state index in [1.165, 1.54) is 11.1 Å². The third kappa shape index (κ3) is 1.51. The van der Waals surface area contributed by atoms with E-state index in [0.717, 1.165) is 13.0 Å². The average Bonchev–Trinajstić information content (AvgIpc) is 2.16. The van der Waals surface area contributed by atoms with E-state index in [-0.39, 0.29) is 11.9 Å². The molecule has 1 aliphatic heterocycles.